The standard InChI is InChI=1S/C15H15ClN2O2/c1-15(10-19,12-5-3-2-4-6-12)18-14(20)11-7-8-17-13(16)9-11/h2-9,19H,10H2,1H3,(H,18,20). The van der Waals surface area contributed by atoms with E-state index in [1.54, 1.807) is 13.0 Å². The number of carbonyl (C=O) groups is 1. The lowest BCUT2D eigenvalue weighted by atomic mass is 9.92. The first kappa shape index (κ1) is 14.5. The number of rotatable bonds is 4. The summed E-state index contributed by atoms with van der Waals surface area (Å²) >= 11 is 5.77. The summed E-state index contributed by atoms with van der Waals surface area (Å²) in [5.74, 6) is -0.310. The molecule has 0 fully saturated rings. The normalized spacial score (nSPS) is 13.6. The molecular weight excluding hydrogens is 276 g/mol. The Morgan fingerprint density at radius 3 is 2.65 bits per heavy atom. The molecule has 0 saturated heterocycles. The van der Waals surface area contributed by atoms with Crippen LogP contribution >= 0.6 is 11.6 Å². The van der Waals surface area contributed by atoms with Gasteiger partial charge in [0.2, 0.25) is 0 Å². The van der Waals surface area contributed by atoms with Crippen LogP contribution in [0.1, 0.15) is 22.8 Å². The highest BCUT2D eigenvalue weighted by Gasteiger charge is 2.28. The Labute approximate surface area is 122 Å². The highest BCUT2D eigenvalue weighted by atomic mass is 35.5. The third-order valence-corrected chi connectivity index (χ3v) is 3.31. The van der Waals surface area contributed by atoms with Crippen molar-refractivity contribution in [2.24, 2.45) is 0 Å². The van der Waals surface area contributed by atoms with Gasteiger partial charge in [0.15, 0.2) is 0 Å². The highest BCUT2D eigenvalue weighted by molar-refractivity contribution is 6.29. The van der Waals surface area contributed by atoms with E-state index >= 15 is 0 Å². The molecule has 0 radical (unpaired) electrons. The van der Waals surface area contributed by atoms with Crippen LogP contribution in [0.15, 0.2) is 48.7 Å². The monoisotopic (exact) mass is 290 g/mol. The number of aliphatic hydroxyl groups excluding tert-OH is 1. The maximum absolute atomic E-state index is 12.2. The molecule has 5 heteroatoms. The lowest BCUT2D eigenvalue weighted by Crippen LogP contribution is -2.46. The minimum absolute atomic E-state index is 0.207. The molecule has 0 aliphatic carbocycles. The van der Waals surface area contributed by atoms with Crippen molar-refractivity contribution in [2.75, 3.05) is 6.61 Å². The maximum Gasteiger partial charge on any atom is 0.252 e. The van der Waals surface area contributed by atoms with Gasteiger partial charge in [-0.2, -0.15) is 0 Å². The molecule has 0 spiro atoms. The van der Waals surface area contributed by atoms with E-state index < -0.39 is 5.54 Å². The van der Waals surface area contributed by atoms with Crippen LogP contribution in [0.25, 0.3) is 0 Å². The zero-order valence-corrected chi connectivity index (χ0v) is 11.8. The minimum atomic E-state index is -0.853. The molecule has 2 rings (SSSR count). The van der Waals surface area contributed by atoms with Crippen LogP contribution in [-0.2, 0) is 5.54 Å². The summed E-state index contributed by atoms with van der Waals surface area (Å²) < 4.78 is 0. The molecule has 1 amide bonds. The van der Waals surface area contributed by atoms with Crippen molar-refractivity contribution in [1.29, 1.82) is 0 Å². The van der Waals surface area contributed by atoms with Crippen molar-refractivity contribution >= 4 is 17.5 Å². The fourth-order valence-electron chi connectivity index (χ4n) is 1.88. The Morgan fingerprint density at radius 1 is 1.35 bits per heavy atom. The van der Waals surface area contributed by atoms with E-state index in [2.05, 4.69) is 10.3 Å². The van der Waals surface area contributed by atoms with E-state index in [9.17, 15) is 9.90 Å². The van der Waals surface area contributed by atoms with E-state index in [0.29, 0.717) is 5.56 Å². The quantitative estimate of drug-likeness (QED) is 0.850. The lowest BCUT2D eigenvalue weighted by molar-refractivity contribution is 0.0849. The molecule has 1 aromatic heterocycles. The summed E-state index contributed by atoms with van der Waals surface area (Å²) in [6.45, 7) is 1.56. The zero-order chi connectivity index (χ0) is 14.6. The summed E-state index contributed by atoms with van der Waals surface area (Å²) in [6, 6.07) is 12.4. The van der Waals surface area contributed by atoms with Gasteiger partial charge in [0.1, 0.15) is 5.15 Å². The first-order valence-corrected chi connectivity index (χ1v) is 6.53. The first-order chi connectivity index (χ1) is 9.55. The third-order valence-electron chi connectivity index (χ3n) is 3.11. The number of aliphatic hydroxyl groups is 1. The number of nitrogens with zero attached hydrogens (tertiary/aromatic N) is 1. The van der Waals surface area contributed by atoms with Crippen molar-refractivity contribution < 1.29 is 9.90 Å². The summed E-state index contributed by atoms with van der Waals surface area (Å²) in [6.07, 6.45) is 1.47. The second-order valence-electron chi connectivity index (χ2n) is 4.68. The van der Waals surface area contributed by atoms with Gasteiger partial charge in [0.25, 0.3) is 5.91 Å². The Hall–Kier alpha value is -1.91. The topological polar surface area (TPSA) is 62.2 Å². The van der Waals surface area contributed by atoms with Gasteiger partial charge in [-0.25, -0.2) is 4.98 Å². The average Bonchev–Trinajstić information content (AvgIpc) is 2.48. The summed E-state index contributed by atoms with van der Waals surface area (Å²) in [5.41, 5.74) is 0.380. The molecule has 0 aliphatic rings. The van der Waals surface area contributed by atoms with Crippen LogP contribution in [0.2, 0.25) is 5.15 Å². The Bertz CT molecular complexity index is 604. The number of pyridine rings is 1. The van der Waals surface area contributed by atoms with Crippen LogP contribution < -0.4 is 5.32 Å². The Kier molecular flexibility index (Phi) is 4.37. The second-order valence-corrected chi connectivity index (χ2v) is 5.06. The number of aromatic nitrogens is 1. The van der Waals surface area contributed by atoms with E-state index in [1.165, 1.54) is 12.3 Å². The van der Waals surface area contributed by atoms with Gasteiger partial charge >= 0.3 is 0 Å². The van der Waals surface area contributed by atoms with Gasteiger partial charge < -0.3 is 10.4 Å². The smallest absolute Gasteiger partial charge is 0.252 e. The molecule has 1 heterocycles. The molecule has 104 valence electrons. The largest absolute Gasteiger partial charge is 0.394 e. The van der Waals surface area contributed by atoms with Gasteiger partial charge in [-0.05, 0) is 24.6 Å². The number of benzene rings is 1. The number of hydrogen-bond donors (Lipinski definition) is 2. The highest BCUT2D eigenvalue weighted by Crippen LogP contribution is 2.20. The van der Waals surface area contributed by atoms with Crippen molar-refractivity contribution in [3.8, 4) is 0 Å². The number of amides is 1. The van der Waals surface area contributed by atoms with Crippen LogP contribution in [0.4, 0.5) is 0 Å². The number of nitrogens with one attached hydrogen (secondary N) is 1. The van der Waals surface area contributed by atoms with Crippen LogP contribution in [0, 0.1) is 0 Å². The van der Waals surface area contributed by atoms with Crippen LogP contribution in [0.5, 0.6) is 0 Å². The first-order valence-electron chi connectivity index (χ1n) is 6.15. The van der Waals surface area contributed by atoms with Crippen LogP contribution in [0.3, 0.4) is 0 Å². The van der Waals surface area contributed by atoms with Gasteiger partial charge in [-0.3, -0.25) is 4.79 Å². The van der Waals surface area contributed by atoms with Crippen LogP contribution in [-0.4, -0.2) is 22.6 Å². The lowest BCUT2D eigenvalue weighted by Gasteiger charge is -2.29. The molecule has 2 N–H and O–H groups in total. The maximum atomic E-state index is 12.2. The van der Waals surface area contributed by atoms with E-state index in [0.717, 1.165) is 5.56 Å². The molecule has 20 heavy (non-hydrogen) atoms. The molecule has 4 nitrogen and oxygen atoms in total. The predicted molar refractivity (Wildman–Crippen MR) is 77.6 cm³/mol. The summed E-state index contributed by atoms with van der Waals surface area (Å²) in [7, 11) is 0. The number of halogens is 1. The Morgan fingerprint density at radius 2 is 2.05 bits per heavy atom. The molecule has 0 aliphatic heterocycles. The van der Waals surface area contributed by atoms with E-state index in [4.69, 9.17) is 11.6 Å². The van der Waals surface area contributed by atoms with Gasteiger partial charge in [0, 0.05) is 11.8 Å². The van der Waals surface area contributed by atoms with Crippen molar-refractivity contribution in [3.63, 3.8) is 0 Å². The molecule has 0 saturated carbocycles. The zero-order valence-electron chi connectivity index (χ0n) is 11.0. The molecular formula is C15H15ClN2O2. The van der Waals surface area contributed by atoms with Gasteiger partial charge in [-0.15, -0.1) is 0 Å². The summed E-state index contributed by atoms with van der Waals surface area (Å²) in [5, 5.41) is 12.7. The minimum Gasteiger partial charge on any atom is -0.394 e. The number of hydrogen-bond acceptors (Lipinski definition) is 3. The molecule has 1 atom stereocenters. The van der Waals surface area contributed by atoms with Crippen molar-refractivity contribution in [2.45, 2.75) is 12.5 Å². The predicted octanol–water partition coefficient (Wildman–Crippen LogP) is 2.37. The molecule has 1 unspecified atom stereocenters. The summed E-state index contributed by atoms with van der Waals surface area (Å²) in [4.78, 5) is 16.1. The Balaban J connectivity index is 2.24. The fourth-order valence-corrected chi connectivity index (χ4v) is 2.05. The second kappa shape index (κ2) is 6.03. The van der Waals surface area contributed by atoms with Crippen molar-refractivity contribution in [3.05, 3.63) is 64.9 Å². The molecule has 2 aromatic rings. The molecule has 0 bridgehead atoms. The fraction of sp³-hybridized carbons (Fsp3) is 0.200. The number of carbonyl (C=O) groups excluding carboxylic acids is 1. The van der Waals surface area contributed by atoms with E-state index in [1.807, 2.05) is 30.3 Å². The van der Waals surface area contributed by atoms with Gasteiger partial charge in [-0.1, -0.05) is 41.9 Å². The van der Waals surface area contributed by atoms with E-state index in [-0.39, 0.29) is 17.7 Å². The third kappa shape index (κ3) is 3.15. The SMILES string of the molecule is CC(CO)(NC(=O)c1ccnc(Cl)c1)c1ccccc1. The molecule has 1 aromatic carbocycles. The van der Waals surface area contributed by atoms with Gasteiger partial charge in [0.05, 0.1) is 12.1 Å². The average molecular weight is 291 g/mol. The van der Waals surface area contributed by atoms with Crippen molar-refractivity contribution in [1.82, 2.24) is 10.3 Å².